The Morgan fingerprint density at radius 3 is 2.56 bits per heavy atom. The number of hydrogen-bond acceptors (Lipinski definition) is 2. The van der Waals surface area contributed by atoms with Crippen molar-refractivity contribution in [2.75, 3.05) is 13.1 Å². The van der Waals surface area contributed by atoms with Gasteiger partial charge in [0, 0.05) is 11.4 Å². The zero-order chi connectivity index (χ0) is 13.8. The summed E-state index contributed by atoms with van der Waals surface area (Å²) < 4.78 is 1.26. The molecule has 0 aliphatic heterocycles. The van der Waals surface area contributed by atoms with Crippen molar-refractivity contribution in [3.05, 3.63) is 20.3 Å². The molecule has 0 aromatic carbocycles. The summed E-state index contributed by atoms with van der Waals surface area (Å²) in [6.45, 7) is 13.7. The molecule has 0 radical (unpaired) electrons. The summed E-state index contributed by atoms with van der Waals surface area (Å²) in [7, 11) is 0. The lowest BCUT2D eigenvalue weighted by molar-refractivity contribution is 0.308. The Morgan fingerprint density at radius 2 is 2.06 bits per heavy atom. The van der Waals surface area contributed by atoms with Crippen molar-refractivity contribution >= 4 is 27.3 Å². The van der Waals surface area contributed by atoms with Gasteiger partial charge in [-0.15, -0.1) is 11.3 Å². The molecule has 1 heterocycles. The van der Waals surface area contributed by atoms with E-state index in [9.17, 15) is 0 Å². The van der Waals surface area contributed by atoms with Crippen molar-refractivity contribution in [2.24, 2.45) is 11.3 Å². The van der Waals surface area contributed by atoms with Crippen LogP contribution < -0.4 is 5.32 Å². The fourth-order valence-electron chi connectivity index (χ4n) is 1.99. The highest BCUT2D eigenvalue weighted by Gasteiger charge is 2.18. The SMILES string of the molecule is Cc1sc(Br)cc1CCC(C)(C)CNCC(C)C. The number of aryl methyl sites for hydroxylation is 2. The average molecular weight is 332 g/mol. The first-order valence-electron chi connectivity index (χ1n) is 6.76. The number of rotatable bonds is 7. The van der Waals surface area contributed by atoms with E-state index in [1.54, 1.807) is 0 Å². The minimum absolute atomic E-state index is 0.371. The molecule has 104 valence electrons. The molecule has 0 unspecified atom stereocenters. The van der Waals surface area contributed by atoms with Crippen LogP contribution in [0.5, 0.6) is 0 Å². The van der Waals surface area contributed by atoms with Crippen LogP contribution in [-0.4, -0.2) is 13.1 Å². The van der Waals surface area contributed by atoms with E-state index in [0.29, 0.717) is 5.41 Å². The zero-order valence-corrected chi connectivity index (χ0v) is 14.7. The molecule has 1 aromatic heterocycles. The summed E-state index contributed by atoms with van der Waals surface area (Å²) in [4.78, 5) is 1.45. The van der Waals surface area contributed by atoms with Gasteiger partial charge in [-0.05, 0) is 65.2 Å². The van der Waals surface area contributed by atoms with Gasteiger partial charge in [-0.1, -0.05) is 27.7 Å². The van der Waals surface area contributed by atoms with Gasteiger partial charge in [-0.3, -0.25) is 0 Å². The molecular weight excluding hydrogens is 306 g/mol. The Labute approximate surface area is 125 Å². The molecule has 0 aliphatic rings. The Morgan fingerprint density at radius 1 is 1.39 bits per heavy atom. The number of halogens is 1. The first-order chi connectivity index (χ1) is 8.30. The molecule has 0 saturated heterocycles. The quantitative estimate of drug-likeness (QED) is 0.739. The topological polar surface area (TPSA) is 12.0 Å². The summed E-state index contributed by atoms with van der Waals surface area (Å²) in [5.41, 5.74) is 1.87. The van der Waals surface area contributed by atoms with Gasteiger partial charge in [0.2, 0.25) is 0 Å². The number of hydrogen-bond donors (Lipinski definition) is 1. The van der Waals surface area contributed by atoms with Crippen molar-refractivity contribution in [3.8, 4) is 0 Å². The molecule has 3 heteroatoms. The van der Waals surface area contributed by atoms with Gasteiger partial charge >= 0.3 is 0 Å². The Balaban J connectivity index is 2.39. The van der Waals surface area contributed by atoms with E-state index in [1.165, 1.54) is 27.1 Å². The highest BCUT2D eigenvalue weighted by atomic mass is 79.9. The highest BCUT2D eigenvalue weighted by Crippen LogP contribution is 2.30. The second kappa shape index (κ2) is 7.06. The van der Waals surface area contributed by atoms with Crippen molar-refractivity contribution in [1.29, 1.82) is 0 Å². The van der Waals surface area contributed by atoms with Gasteiger partial charge in [-0.25, -0.2) is 0 Å². The molecule has 1 rings (SSSR count). The maximum Gasteiger partial charge on any atom is 0.0704 e. The summed E-state index contributed by atoms with van der Waals surface area (Å²) in [6.07, 6.45) is 2.42. The van der Waals surface area contributed by atoms with Crippen molar-refractivity contribution in [2.45, 2.75) is 47.5 Å². The van der Waals surface area contributed by atoms with Gasteiger partial charge in [0.25, 0.3) is 0 Å². The van der Waals surface area contributed by atoms with Crippen LogP contribution >= 0.6 is 27.3 Å². The van der Waals surface area contributed by atoms with Crippen molar-refractivity contribution < 1.29 is 0 Å². The maximum absolute atomic E-state index is 3.57. The van der Waals surface area contributed by atoms with Crippen LogP contribution in [0.2, 0.25) is 0 Å². The van der Waals surface area contributed by atoms with E-state index in [1.807, 2.05) is 11.3 Å². The molecule has 0 atom stereocenters. The average Bonchev–Trinajstić information content (AvgIpc) is 2.53. The second-order valence-electron chi connectivity index (χ2n) is 6.32. The molecule has 0 spiro atoms. The Bertz CT molecular complexity index is 369. The predicted molar refractivity (Wildman–Crippen MR) is 86.6 cm³/mol. The Kier molecular flexibility index (Phi) is 6.36. The first kappa shape index (κ1) is 16.2. The predicted octanol–water partition coefficient (Wildman–Crippen LogP) is 5.02. The first-order valence-corrected chi connectivity index (χ1v) is 8.36. The normalized spacial score (nSPS) is 12.4. The van der Waals surface area contributed by atoms with Gasteiger partial charge in [0.05, 0.1) is 3.79 Å². The second-order valence-corrected chi connectivity index (χ2v) is 8.96. The zero-order valence-electron chi connectivity index (χ0n) is 12.3. The molecule has 1 nitrogen and oxygen atoms in total. The molecule has 0 saturated carbocycles. The van der Waals surface area contributed by atoms with Crippen molar-refractivity contribution in [1.82, 2.24) is 5.32 Å². The lowest BCUT2D eigenvalue weighted by Gasteiger charge is -2.25. The summed E-state index contributed by atoms with van der Waals surface area (Å²) >= 11 is 5.41. The lowest BCUT2D eigenvalue weighted by Crippen LogP contribution is -2.32. The maximum atomic E-state index is 3.57. The van der Waals surface area contributed by atoms with Crippen molar-refractivity contribution in [3.63, 3.8) is 0 Å². The van der Waals surface area contributed by atoms with E-state index in [2.05, 4.69) is 61.9 Å². The minimum atomic E-state index is 0.371. The van der Waals surface area contributed by atoms with Crippen LogP contribution in [0.1, 0.15) is 44.6 Å². The molecule has 1 N–H and O–H groups in total. The van der Waals surface area contributed by atoms with E-state index < -0.39 is 0 Å². The molecule has 0 amide bonds. The Hall–Kier alpha value is 0.140. The van der Waals surface area contributed by atoms with Crippen LogP contribution in [0.25, 0.3) is 0 Å². The molecule has 0 bridgehead atoms. The van der Waals surface area contributed by atoms with Crippen LogP contribution in [-0.2, 0) is 6.42 Å². The summed E-state index contributed by atoms with van der Waals surface area (Å²) in [5, 5.41) is 3.57. The molecule has 0 aliphatic carbocycles. The molecular formula is C15H26BrNS. The molecule has 18 heavy (non-hydrogen) atoms. The van der Waals surface area contributed by atoms with Crippen LogP contribution in [0.4, 0.5) is 0 Å². The van der Waals surface area contributed by atoms with Gasteiger partial charge in [0.1, 0.15) is 0 Å². The van der Waals surface area contributed by atoms with E-state index in [0.717, 1.165) is 19.0 Å². The van der Waals surface area contributed by atoms with E-state index in [-0.39, 0.29) is 0 Å². The van der Waals surface area contributed by atoms with Gasteiger partial charge < -0.3 is 5.32 Å². The highest BCUT2D eigenvalue weighted by molar-refractivity contribution is 9.11. The van der Waals surface area contributed by atoms with E-state index in [4.69, 9.17) is 0 Å². The largest absolute Gasteiger partial charge is 0.316 e. The molecule has 0 fully saturated rings. The van der Waals surface area contributed by atoms with E-state index >= 15 is 0 Å². The fraction of sp³-hybridized carbons (Fsp3) is 0.733. The van der Waals surface area contributed by atoms with Crippen LogP contribution in [0.3, 0.4) is 0 Å². The number of thiophene rings is 1. The van der Waals surface area contributed by atoms with Crippen LogP contribution in [0, 0.1) is 18.3 Å². The van der Waals surface area contributed by atoms with Gasteiger partial charge in [-0.2, -0.15) is 0 Å². The fourth-order valence-corrected chi connectivity index (χ4v) is 3.78. The molecule has 1 aromatic rings. The van der Waals surface area contributed by atoms with Gasteiger partial charge in [0.15, 0.2) is 0 Å². The minimum Gasteiger partial charge on any atom is -0.316 e. The third-order valence-corrected chi connectivity index (χ3v) is 4.81. The summed E-state index contributed by atoms with van der Waals surface area (Å²) in [6, 6.07) is 2.28. The monoisotopic (exact) mass is 331 g/mol. The smallest absolute Gasteiger partial charge is 0.0704 e. The number of nitrogens with one attached hydrogen (secondary N) is 1. The standard InChI is InChI=1S/C15H26BrNS/c1-11(2)9-17-10-15(4,5)7-6-13-8-14(16)18-12(13)3/h8,11,17H,6-7,9-10H2,1-5H3. The third-order valence-electron chi connectivity index (χ3n) is 3.22. The summed E-state index contributed by atoms with van der Waals surface area (Å²) in [5.74, 6) is 0.732. The van der Waals surface area contributed by atoms with Crippen LogP contribution in [0.15, 0.2) is 9.85 Å². The third kappa shape index (κ3) is 5.85. The lowest BCUT2D eigenvalue weighted by atomic mass is 9.86.